The van der Waals surface area contributed by atoms with Crippen LogP contribution in [0.2, 0.25) is 0 Å². The summed E-state index contributed by atoms with van der Waals surface area (Å²) in [5.74, 6) is 0.862. The predicted octanol–water partition coefficient (Wildman–Crippen LogP) is -2.95. The van der Waals surface area contributed by atoms with Crippen molar-refractivity contribution in [2.24, 2.45) is 21.5 Å². The molecular formula is C12H27N11. The molecule has 1 rings (SSSR count). The third-order valence-corrected chi connectivity index (χ3v) is 2.99. The molecule has 0 saturated carbocycles. The molecule has 1 aromatic heterocycles. The molecule has 130 valence electrons. The van der Waals surface area contributed by atoms with Crippen LogP contribution in [0.25, 0.3) is 0 Å². The Hall–Kier alpha value is -2.40. The van der Waals surface area contributed by atoms with Crippen LogP contribution in [-0.4, -0.2) is 67.6 Å². The van der Waals surface area contributed by atoms with Gasteiger partial charge in [-0.15, -0.1) is 0 Å². The Bertz CT molecular complexity index is 450. The molecule has 0 spiro atoms. The molecule has 1 heterocycles. The highest BCUT2D eigenvalue weighted by Gasteiger charge is 2.06. The number of nitrogens with one attached hydrogen (secondary N) is 5. The van der Waals surface area contributed by atoms with E-state index in [1.54, 1.807) is 14.1 Å². The number of guanidine groups is 2. The SMILES string of the molecule is CN=C(N)NCCNCc1n[nH]nc1CNCCNC(N)=NC. The van der Waals surface area contributed by atoms with Gasteiger partial charge in [0.05, 0.1) is 0 Å². The van der Waals surface area contributed by atoms with Crippen LogP contribution in [0.15, 0.2) is 9.98 Å². The molecule has 11 nitrogen and oxygen atoms in total. The van der Waals surface area contributed by atoms with Gasteiger partial charge in [-0.05, 0) is 0 Å². The number of rotatable bonds is 10. The van der Waals surface area contributed by atoms with E-state index >= 15 is 0 Å². The molecule has 0 aliphatic rings. The normalized spacial score (nSPS) is 12.4. The third kappa shape index (κ3) is 7.97. The first-order chi connectivity index (χ1) is 11.2. The van der Waals surface area contributed by atoms with Crippen LogP contribution >= 0.6 is 0 Å². The number of aromatic amines is 1. The molecule has 0 saturated heterocycles. The monoisotopic (exact) mass is 325 g/mol. The zero-order chi connectivity index (χ0) is 16.9. The van der Waals surface area contributed by atoms with Crippen molar-refractivity contribution in [1.29, 1.82) is 0 Å². The van der Waals surface area contributed by atoms with Gasteiger partial charge in [0.25, 0.3) is 0 Å². The molecule has 23 heavy (non-hydrogen) atoms. The number of nitrogens with two attached hydrogens (primary N) is 2. The number of hydrogen-bond acceptors (Lipinski definition) is 6. The number of H-pyrrole nitrogens is 1. The van der Waals surface area contributed by atoms with E-state index in [4.69, 9.17) is 11.5 Å². The Morgan fingerprint density at radius 3 is 1.70 bits per heavy atom. The molecule has 0 aromatic carbocycles. The van der Waals surface area contributed by atoms with Gasteiger partial charge < -0.3 is 32.7 Å². The Kier molecular flexibility index (Phi) is 9.09. The topological polar surface area (TPSA) is 166 Å². The Morgan fingerprint density at radius 2 is 1.30 bits per heavy atom. The highest BCUT2D eigenvalue weighted by atomic mass is 15.3. The average Bonchev–Trinajstić information content (AvgIpc) is 3.01. The molecule has 11 heteroatoms. The van der Waals surface area contributed by atoms with E-state index in [0.29, 0.717) is 38.1 Å². The lowest BCUT2D eigenvalue weighted by atomic mass is 10.3. The summed E-state index contributed by atoms with van der Waals surface area (Å²) >= 11 is 0. The van der Waals surface area contributed by atoms with Crippen molar-refractivity contribution in [2.75, 3.05) is 40.3 Å². The van der Waals surface area contributed by atoms with Gasteiger partial charge in [-0.25, -0.2) is 0 Å². The van der Waals surface area contributed by atoms with Crippen LogP contribution < -0.4 is 32.7 Å². The lowest BCUT2D eigenvalue weighted by Gasteiger charge is -2.07. The molecule has 1 aromatic rings. The maximum absolute atomic E-state index is 5.54. The van der Waals surface area contributed by atoms with Gasteiger partial charge >= 0.3 is 0 Å². The second-order valence-corrected chi connectivity index (χ2v) is 4.64. The van der Waals surface area contributed by atoms with Crippen molar-refractivity contribution in [3.8, 4) is 0 Å². The Morgan fingerprint density at radius 1 is 0.870 bits per heavy atom. The fourth-order valence-corrected chi connectivity index (χ4v) is 1.69. The molecule has 9 N–H and O–H groups in total. The highest BCUT2D eigenvalue weighted by Crippen LogP contribution is 1.99. The summed E-state index contributed by atoms with van der Waals surface area (Å²) in [6.45, 7) is 4.14. The van der Waals surface area contributed by atoms with Crippen LogP contribution in [0, 0.1) is 0 Å². The minimum absolute atomic E-state index is 0.431. The summed E-state index contributed by atoms with van der Waals surface area (Å²) in [6.07, 6.45) is 0. The van der Waals surface area contributed by atoms with E-state index < -0.39 is 0 Å². The molecule has 0 bridgehead atoms. The van der Waals surface area contributed by atoms with Crippen LogP contribution in [0.4, 0.5) is 0 Å². The molecule has 0 amide bonds. The van der Waals surface area contributed by atoms with E-state index in [9.17, 15) is 0 Å². The Labute approximate surface area is 135 Å². The number of hydrogen-bond donors (Lipinski definition) is 7. The van der Waals surface area contributed by atoms with Crippen LogP contribution in [0.1, 0.15) is 11.4 Å². The van der Waals surface area contributed by atoms with Gasteiger partial charge in [0, 0.05) is 53.4 Å². The lowest BCUT2D eigenvalue weighted by Crippen LogP contribution is -2.37. The smallest absolute Gasteiger partial charge is 0.188 e. The molecule has 0 aliphatic carbocycles. The van der Waals surface area contributed by atoms with Crippen molar-refractivity contribution in [3.63, 3.8) is 0 Å². The summed E-state index contributed by atoms with van der Waals surface area (Å²) < 4.78 is 0. The predicted molar refractivity (Wildman–Crippen MR) is 90.9 cm³/mol. The van der Waals surface area contributed by atoms with E-state index in [2.05, 4.69) is 46.7 Å². The van der Waals surface area contributed by atoms with E-state index in [1.807, 2.05) is 0 Å². The highest BCUT2D eigenvalue weighted by molar-refractivity contribution is 5.77. The molecule has 0 fully saturated rings. The minimum atomic E-state index is 0.431. The fourth-order valence-electron chi connectivity index (χ4n) is 1.69. The molecule has 0 aliphatic heterocycles. The second-order valence-electron chi connectivity index (χ2n) is 4.64. The first-order valence-corrected chi connectivity index (χ1v) is 7.39. The van der Waals surface area contributed by atoms with Crippen LogP contribution in [0.5, 0.6) is 0 Å². The Balaban J connectivity index is 2.17. The fraction of sp³-hybridized carbons (Fsp3) is 0.667. The summed E-state index contributed by atoms with van der Waals surface area (Å²) in [5, 5.41) is 23.4. The van der Waals surface area contributed by atoms with E-state index in [0.717, 1.165) is 24.5 Å². The van der Waals surface area contributed by atoms with Gasteiger partial charge in [0.15, 0.2) is 11.9 Å². The summed E-state index contributed by atoms with van der Waals surface area (Å²) in [4.78, 5) is 7.63. The van der Waals surface area contributed by atoms with Crippen molar-refractivity contribution < 1.29 is 0 Å². The zero-order valence-electron chi connectivity index (χ0n) is 13.7. The van der Waals surface area contributed by atoms with Gasteiger partial charge in [-0.1, -0.05) is 0 Å². The van der Waals surface area contributed by atoms with E-state index in [-0.39, 0.29) is 0 Å². The summed E-state index contributed by atoms with van der Waals surface area (Å²) in [6, 6.07) is 0. The average molecular weight is 325 g/mol. The van der Waals surface area contributed by atoms with Crippen molar-refractivity contribution in [3.05, 3.63) is 11.4 Å². The van der Waals surface area contributed by atoms with Crippen LogP contribution in [0.3, 0.4) is 0 Å². The lowest BCUT2D eigenvalue weighted by molar-refractivity contribution is 0.634. The quantitative estimate of drug-likeness (QED) is 0.136. The van der Waals surface area contributed by atoms with Gasteiger partial charge in [-0.2, -0.15) is 15.4 Å². The molecular weight excluding hydrogens is 298 g/mol. The first-order valence-electron chi connectivity index (χ1n) is 7.39. The van der Waals surface area contributed by atoms with Gasteiger partial charge in [-0.3, -0.25) is 9.98 Å². The van der Waals surface area contributed by atoms with Crippen molar-refractivity contribution >= 4 is 11.9 Å². The van der Waals surface area contributed by atoms with E-state index in [1.165, 1.54) is 0 Å². The molecule has 0 atom stereocenters. The summed E-state index contributed by atoms with van der Waals surface area (Å²) in [7, 11) is 3.28. The summed E-state index contributed by atoms with van der Waals surface area (Å²) in [5.41, 5.74) is 12.8. The number of aliphatic imine (C=N–C) groups is 2. The zero-order valence-corrected chi connectivity index (χ0v) is 13.7. The first kappa shape index (κ1) is 18.6. The number of nitrogens with zero attached hydrogens (tertiary/aromatic N) is 4. The van der Waals surface area contributed by atoms with Gasteiger partial charge in [0.2, 0.25) is 0 Å². The maximum atomic E-state index is 5.54. The maximum Gasteiger partial charge on any atom is 0.188 e. The third-order valence-electron chi connectivity index (χ3n) is 2.99. The number of aromatic nitrogens is 3. The van der Waals surface area contributed by atoms with Gasteiger partial charge in [0.1, 0.15) is 11.4 Å². The largest absolute Gasteiger partial charge is 0.370 e. The standard InChI is InChI=1S/C12H27N11/c1-15-11(13)19-5-3-17-7-9-10(22-23-21-9)8-18-4-6-20-12(14)16-2/h17-18H,3-8H2,1-2H3,(H3,13,15,19)(H3,14,16,20)(H,21,22,23). The molecule has 0 unspecified atom stereocenters. The van der Waals surface area contributed by atoms with Crippen molar-refractivity contribution in [2.45, 2.75) is 13.1 Å². The van der Waals surface area contributed by atoms with Crippen LogP contribution in [-0.2, 0) is 13.1 Å². The van der Waals surface area contributed by atoms with Crippen molar-refractivity contribution in [1.82, 2.24) is 36.7 Å². The second kappa shape index (κ2) is 11.2. The molecule has 0 radical (unpaired) electrons. The minimum Gasteiger partial charge on any atom is -0.370 e.